The van der Waals surface area contributed by atoms with E-state index >= 15 is 0 Å². The Morgan fingerprint density at radius 1 is 1.69 bits per heavy atom. The Morgan fingerprint density at radius 3 is 3.06 bits per heavy atom. The van der Waals surface area contributed by atoms with E-state index < -0.39 is 0 Å². The first-order valence-corrected chi connectivity index (χ1v) is 5.62. The van der Waals surface area contributed by atoms with E-state index in [4.69, 9.17) is 9.15 Å². The van der Waals surface area contributed by atoms with Crippen LogP contribution in [0.5, 0.6) is 0 Å². The highest BCUT2D eigenvalue weighted by atomic mass is 16.5. The minimum Gasteiger partial charge on any atom is -0.469 e. The number of carbonyl (C=O) groups excluding carboxylic acids is 1. The smallest absolute Gasteiger partial charge is 0.307 e. The summed E-state index contributed by atoms with van der Waals surface area (Å²) in [5, 5.41) is 3.35. The molecule has 0 spiro atoms. The van der Waals surface area contributed by atoms with Gasteiger partial charge in [-0.1, -0.05) is 0 Å². The molecule has 1 atom stereocenters. The van der Waals surface area contributed by atoms with Crippen molar-refractivity contribution in [3.8, 4) is 0 Å². The molecule has 1 saturated carbocycles. The molecule has 1 unspecified atom stereocenters. The van der Waals surface area contributed by atoms with Crippen LogP contribution in [0.4, 0.5) is 0 Å². The lowest BCUT2D eigenvalue weighted by atomic mass is 10.1. The zero-order chi connectivity index (χ0) is 11.4. The number of ether oxygens (including phenoxy) is 1. The van der Waals surface area contributed by atoms with Crippen LogP contribution < -0.4 is 5.32 Å². The van der Waals surface area contributed by atoms with Crippen molar-refractivity contribution in [2.45, 2.75) is 31.8 Å². The van der Waals surface area contributed by atoms with E-state index in [0.29, 0.717) is 18.9 Å². The van der Waals surface area contributed by atoms with Crippen LogP contribution in [0.2, 0.25) is 0 Å². The number of rotatable bonds is 6. The third kappa shape index (κ3) is 3.10. The average Bonchev–Trinajstić information content (AvgIpc) is 3.01. The number of hydrogen-bond donors (Lipinski definition) is 1. The van der Waals surface area contributed by atoms with Gasteiger partial charge in [-0.25, -0.2) is 0 Å². The first kappa shape index (κ1) is 11.2. The van der Waals surface area contributed by atoms with Gasteiger partial charge in [0.2, 0.25) is 0 Å². The molecule has 0 aromatic carbocycles. The summed E-state index contributed by atoms with van der Waals surface area (Å²) in [6, 6.07) is 4.01. The Labute approximate surface area is 95.0 Å². The van der Waals surface area contributed by atoms with Gasteiger partial charge in [0, 0.05) is 6.04 Å². The maximum absolute atomic E-state index is 11.2. The number of nitrogens with one attached hydrogen (secondary N) is 1. The zero-order valence-corrected chi connectivity index (χ0v) is 9.44. The predicted octanol–water partition coefficient (Wildman–Crippen LogP) is 1.71. The number of hydrogen-bond acceptors (Lipinski definition) is 4. The summed E-state index contributed by atoms with van der Waals surface area (Å²) in [7, 11) is 1.43. The van der Waals surface area contributed by atoms with Gasteiger partial charge < -0.3 is 14.5 Å². The van der Waals surface area contributed by atoms with Crippen LogP contribution in [-0.2, 0) is 16.1 Å². The summed E-state index contributed by atoms with van der Waals surface area (Å²) in [5.41, 5.74) is 0. The average molecular weight is 223 g/mol. The van der Waals surface area contributed by atoms with E-state index in [2.05, 4.69) is 5.32 Å². The van der Waals surface area contributed by atoms with Gasteiger partial charge in [-0.05, 0) is 30.9 Å². The molecule has 1 aliphatic rings. The largest absolute Gasteiger partial charge is 0.469 e. The lowest BCUT2D eigenvalue weighted by Crippen LogP contribution is -2.33. The predicted molar refractivity (Wildman–Crippen MR) is 58.7 cm³/mol. The summed E-state index contributed by atoms with van der Waals surface area (Å²) in [5.74, 6) is 1.37. The van der Waals surface area contributed by atoms with Crippen LogP contribution in [0, 0.1) is 5.92 Å². The van der Waals surface area contributed by atoms with Gasteiger partial charge in [0.05, 0.1) is 26.3 Å². The number of carbonyl (C=O) groups is 1. The molecule has 2 rings (SSSR count). The molecule has 1 fully saturated rings. The van der Waals surface area contributed by atoms with Crippen LogP contribution in [0.15, 0.2) is 22.8 Å². The molecular weight excluding hydrogens is 206 g/mol. The van der Waals surface area contributed by atoms with Crippen molar-refractivity contribution in [2.24, 2.45) is 5.92 Å². The lowest BCUT2D eigenvalue weighted by Gasteiger charge is -2.15. The molecule has 1 aliphatic carbocycles. The van der Waals surface area contributed by atoms with Crippen LogP contribution in [-0.4, -0.2) is 19.1 Å². The fourth-order valence-corrected chi connectivity index (χ4v) is 1.81. The minimum atomic E-state index is -0.149. The Morgan fingerprint density at radius 2 is 2.50 bits per heavy atom. The van der Waals surface area contributed by atoms with Crippen LogP contribution in [0.3, 0.4) is 0 Å². The first-order chi connectivity index (χ1) is 7.79. The number of methoxy groups -OCH3 is 1. The highest BCUT2D eigenvalue weighted by Gasteiger charge is 2.32. The van der Waals surface area contributed by atoms with Gasteiger partial charge in [0.25, 0.3) is 0 Å². The van der Waals surface area contributed by atoms with E-state index in [0.717, 1.165) is 5.76 Å². The van der Waals surface area contributed by atoms with Crippen molar-refractivity contribution in [3.05, 3.63) is 24.2 Å². The highest BCUT2D eigenvalue weighted by Crippen LogP contribution is 2.34. The van der Waals surface area contributed by atoms with E-state index in [9.17, 15) is 4.79 Å². The molecule has 0 aliphatic heterocycles. The molecule has 1 heterocycles. The molecule has 0 amide bonds. The van der Waals surface area contributed by atoms with Gasteiger partial charge in [-0.2, -0.15) is 0 Å². The molecule has 0 bridgehead atoms. The van der Waals surface area contributed by atoms with Crippen molar-refractivity contribution >= 4 is 5.97 Å². The molecule has 0 radical (unpaired) electrons. The summed E-state index contributed by atoms with van der Waals surface area (Å²) < 4.78 is 9.93. The van der Waals surface area contributed by atoms with Crippen molar-refractivity contribution in [2.75, 3.05) is 7.11 Å². The molecule has 1 N–H and O–H groups in total. The van der Waals surface area contributed by atoms with E-state index in [1.165, 1.54) is 20.0 Å². The fraction of sp³-hybridized carbons (Fsp3) is 0.583. The second kappa shape index (κ2) is 5.16. The molecular formula is C12H17NO3. The summed E-state index contributed by atoms with van der Waals surface area (Å²) in [6.45, 7) is 0.672. The maximum Gasteiger partial charge on any atom is 0.307 e. The minimum absolute atomic E-state index is 0.149. The molecule has 1 aromatic heterocycles. The standard InChI is InChI=1S/C12H17NO3/c1-15-12(14)7-11(9-4-5-9)13-8-10-3-2-6-16-10/h2-3,6,9,11,13H,4-5,7-8H2,1H3. The Bertz CT molecular complexity index is 330. The van der Waals surface area contributed by atoms with Gasteiger partial charge in [-0.15, -0.1) is 0 Å². The summed E-state index contributed by atoms with van der Waals surface area (Å²) in [6.07, 6.45) is 4.50. The van der Waals surface area contributed by atoms with Crippen molar-refractivity contribution in [1.82, 2.24) is 5.32 Å². The van der Waals surface area contributed by atoms with E-state index in [1.807, 2.05) is 12.1 Å². The van der Waals surface area contributed by atoms with Gasteiger partial charge in [0.1, 0.15) is 5.76 Å². The van der Waals surface area contributed by atoms with Crippen molar-refractivity contribution in [1.29, 1.82) is 0 Å². The van der Waals surface area contributed by atoms with Gasteiger partial charge in [0.15, 0.2) is 0 Å². The molecule has 1 aromatic rings. The summed E-state index contributed by atoms with van der Waals surface area (Å²) >= 11 is 0. The van der Waals surface area contributed by atoms with Crippen LogP contribution in [0.1, 0.15) is 25.0 Å². The first-order valence-electron chi connectivity index (χ1n) is 5.62. The SMILES string of the molecule is COC(=O)CC(NCc1ccco1)C1CC1. The molecule has 4 heteroatoms. The lowest BCUT2D eigenvalue weighted by molar-refractivity contribution is -0.141. The monoisotopic (exact) mass is 223 g/mol. The quantitative estimate of drug-likeness (QED) is 0.746. The third-order valence-corrected chi connectivity index (χ3v) is 2.92. The zero-order valence-electron chi connectivity index (χ0n) is 9.44. The van der Waals surface area contributed by atoms with E-state index in [-0.39, 0.29) is 12.0 Å². The van der Waals surface area contributed by atoms with Gasteiger partial charge in [-0.3, -0.25) is 4.79 Å². The second-order valence-corrected chi connectivity index (χ2v) is 4.18. The molecule has 0 saturated heterocycles. The van der Waals surface area contributed by atoms with E-state index in [1.54, 1.807) is 6.26 Å². The fourth-order valence-electron chi connectivity index (χ4n) is 1.81. The third-order valence-electron chi connectivity index (χ3n) is 2.92. The van der Waals surface area contributed by atoms with Crippen LogP contribution >= 0.6 is 0 Å². The number of esters is 1. The Hall–Kier alpha value is -1.29. The highest BCUT2D eigenvalue weighted by molar-refractivity contribution is 5.70. The molecule has 4 nitrogen and oxygen atoms in total. The van der Waals surface area contributed by atoms with Gasteiger partial charge >= 0.3 is 5.97 Å². The van der Waals surface area contributed by atoms with Crippen molar-refractivity contribution in [3.63, 3.8) is 0 Å². The maximum atomic E-state index is 11.2. The van der Waals surface area contributed by atoms with Crippen molar-refractivity contribution < 1.29 is 13.9 Å². The molecule has 88 valence electrons. The Balaban J connectivity index is 1.81. The second-order valence-electron chi connectivity index (χ2n) is 4.18. The summed E-state index contributed by atoms with van der Waals surface area (Å²) in [4.78, 5) is 11.2. The topological polar surface area (TPSA) is 51.5 Å². The number of furan rings is 1. The normalized spacial score (nSPS) is 17.1. The molecule has 16 heavy (non-hydrogen) atoms. The Kier molecular flexibility index (Phi) is 3.62. The van der Waals surface area contributed by atoms with Crippen LogP contribution in [0.25, 0.3) is 0 Å².